The first-order valence-corrected chi connectivity index (χ1v) is 6.23. The summed E-state index contributed by atoms with van der Waals surface area (Å²) in [7, 11) is 3.33. The predicted octanol–water partition coefficient (Wildman–Crippen LogP) is 0.624. The van der Waals surface area contributed by atoms with Gasteiger partial charge in [0, 0.05) is 27.3 Å². The molecule has 0 spiro atoms. The van der Waals surface area contributed by atoms with E-state index in [2.05, 4.69) is 31.3 Å². The van der Waals surface area contributed by atoms with Gasteiger partial charge in [0.1, 0.15) is 16.6 Å². The normalized spacial score (nSPS) is 10.4. The van der Waals surface area contributed by atoms with E-state index in [0.29, 0.717) is 32.1 Å². The fraction of sp³-hybridized carbons (Fsp3) is 0.600. The number of ether oxygens (including phenoxy) is 2. The van der Waals surface area contributed by atoms with Crippen LogP contribution in [0.25, 0.3) is 0 Å². The molecule has 0 aromatic carbocycles. The van der Waals surface area contributed by atoms with Crippen molar-refractivity contribution < 1.29 is 9.47 Å². The van der Waals surface area contributed by atoms with E-state index in [1.807, 2.05) is 4.90 Å². The molecule has 7 nitrogen and oxygen atoms in total. The maximum atomic E-state index is 5.38. The number of nitrogen functional groups attached to an aromatic ring is 1. The van der Waals surface area contributed by atoms with Crippen molar-refractivity contribution in [2.75, 3.05) is 50.8 Å². The van der Waals surface area contributed by atoms with Crippen LogP contribution < -0.4 is 16.2 Å². The molecule has 0 aliphatic heterocycles. The Kier molecular flexibility index (Phi) is 6.88. The summed E-state index contributed by atoms with van der Waals surface area (Å²) in [6, 6.07) is 0. The van der Waals surface area contributed by atoms with E-state index >= 15 is 0 Å². The summed E-state index contributed by atoms with van der Waals surface area (Å²) in [5.41, 5.74) is 2.52. The molecule has 102 valence electrons. The fourth-order valence-electron chi connectivity index (χ4n) is 1.41. The van der Waals surface area contributed by atoms with Crippen LogP contribution in [-0.4, -0.2) is 50.5 Å². The van der Waals surface area contributed by atoms with Crippen molar-refractivity contribution in [2.45, 2.75) is 0 Å². The zero-order valence-electron chi connectivity index (χ0n) is 10.5. The first kappa shape index (κ1) is 15.1. The topological polar surface area (TPSA) is 85.5 Å². The average Bonchev–Trinajstić information content (AvgIpc) is 2.40. The van der Waals surface area contributed by atoms with Gasteiger partial charge in [-0.1, -0.05) is 0 Å². The highest BCUT2D eigenvalue weighted by Crippen LogP contribution is 2.28. The monoisotopic (exact) mass is 319 g/mol. The molecule has 0 fully saturated rings. The van der Waals surface area contributed by atoms with E-state index in [-0.39, 0.29) is 0 Å². The van der Waals surface area contributed by atoms with Crippen LogP contribution in [0, 0.1) is 0 Å². The Bertz CT molecular complexity index is 358. The van der Waals surface area contributed by atoms with Crippen LogP contribution in [0.2, 0.25) is 0 Å². The number of anilines is 2. The minimum absolute atomic E-state index is 0.542. The van der Waals surface area contributed by atoms with Crippen LogP contribution >= 0.6 is 15.9 Å². The number of hydrogen-bond acceptors (Lipinski definition) is 7. The second-order valence-electron chi connectivity index (χ2n) is 3.48. The van der Waals surface area contributed by atoms with E-state index in [1.165, 1.54) is 6.33 Å². The van der Waals surface area contributed by atoms with Gasteiger partial charge in [-0.15, -0.1) is 0 Å². The van der Waals surface area contributed by atoms with Crippen LogP contribution in [-0.2, 0) is 9.47 Å². The molecule has 0 amide bonds. The summed E-state index contributed by atoms with van der Waals surface area (Å²) in [6.07, 6.45) is 1.46. The summed E-state index contributed by atoms with van der Waals surface area (Å²) in [5.74, 6) is 6.68. The molecule has 0 unspecified atom stereocenters. The summed E-state index contributed by atoms with van der Waals surface area (Å²) >= 11 is 3.44. The number of halogens is 1. The molecule has 1 rings (SSSR count). The largest absolute Gasteiger partial charge is 0.383 e. The van der Waals surface area contributed by atoms with E-state index < -0.39 is 0 Å². The number of hydrazine groups is 1. The molecule has 0 saturated carbocycles. The Morgan fingerprint density at radius 2 is 1.89 bits per heavy atom. The average molecular weight is 320 g/mol. The standard InChI is InChI=1S/C10H18BrN5O2/c1-17-5-3-16(4-6-18-2)10-8(11)9(15-12)13-7-14-10/h7H,3-6,12H2,1-2H3,(H,13,14,15). The quantitative estimate of drug-likeness (QED) is 0.536. The highest BCUT2D eigenvalue weighted by molar-refractivity contribution is 9.10. The molecule has 1 heterocycles. The third-order valence-corrected chi connectivity index (χ3v) is 3.07. The number of nitrogens with one attached hydrogen (secondary N) is 1. The van der Waals surface area contributed by atoms with E-state index in [4.69, 9.17) is 15.3 Å². The van der Waals surface area contributed by atoms with Crippen molar-refractivity contribution in [3.63, 3.8) is 0 Å². The van der Waals surface area contributed by atoms with Crippen LogP contribution in [0.4, 0.5) is 11.6 Å². The smallest absolute Gasteiger partial charge is 0.159 e. The summed E-state index contributed by atoms with van der Waals surface area (Å²) in [4.78, 5) is 10.3. The van der Waals surface area contributed by atoms with Gasteiger partial charge in [0.05, 0.1) is 13.2 Å². The molecule has 0 radical (unpaired) electrons. The van der Waals surface area contributed by atoms with Crippen LogP contribution in [0.3, 0.4) is 0 Å². The van der Waals surface area contributed by atoms with Gasteiger partial charge in [-0.3, -0.25) is 0 Å². The van der Waals surface area contributed by atoms with Gasteiger partial charge in [0.25, 0.3) is 0 Å². The second-order valence-corrected chi connectivity index (χ2v) is 4.27. The van der Waals surface area contributed by atoms with Crippen LogP contribution in [0.5, 0.6) is 0 Å². The lowest BCUT2D eigenvalue weighted by atomic mass is 10.4. The molecule has 1 aromatic heterocycles. The lowest BCUT2D eigenvalue weighted by Gasteiger charge is -2.24. The highest BCUT2D eigenvalue weighted by Gasteiger charge is 2.14. The number of hydrogen-bond donors (Lipinski definition) is 2. The zero-order valence-corrected chi connectivity index (χ0v) is 12.1. The number of nitrogens with two attached hydrogens (primary N) is 1. The Hall–Kier alpha value is -0.960. The second kappa shape index (κ2) is 8.20. The highest BCUT2D eigenvalue weighted by atomic mass is 79.9. The van der Waals surface area contributed by atoms with Gasteiger partial charge in [0.15, 0.2) is 5.82 Å². The molecular formula is C10H18BrN5O2. The van der Waals surface area contributed by atoms with Gasteiger partial charge in [0.2, 0.25) is 0 Å². The maximum Gasteiger partial charge on any atom is 0.159 e. The Morgan fingerprint density at radius 3 is 2.39 bits per heavy atom. The van der Waals surface area contributed by atoms with Gasteiger partial charge in [-0.05, 0) is 15.9 Å². The first-order valence-electron chi connectivity index (χ1n) is 5.44. The molecule has 0 saturated heterocycles. The van der Waals surface area contributed by atoms with Gasteiger partial charge in [-0.25, -0.2) is 15.8 Å². The minimum atomic E-state index is 0.542. The van der Waals surface area contributed by atoms with E-state index in [0.717, 1.165) is 10.3 Å². The van der Waals surface area contributed by atoms with Crippen molar-refractivity contribution in [1.82, 2.24) is 9.97 Å². The first-order chi connectivity index (χ1) is 8.74. The molecule has 18 heavy (non-hydrogen) atoms. The lowest BCUT2D eigenvalue weighted by Crippen LogP contribution is -2.32. The van der Waals surface area contributed by atoms with Crippen LogP contribution in [0.1, 0.15) is 0 Å². The van der Waals surface area contributed by atoms with Crippen LogP contribution in [0.15, 0.2) is 10.8 Å². The molecule has 8 heteroatoms. The molecule has 0 bridgehead atoms. The van der Waals surface area contributed by atoms with E-state index in [1.54, 1.807) is 14.2 Å². The summed E-state index contributed by atoms with van der Waals surface area (Å²) in [6.45, 7) is 2.62. The molecule has 1 aromatic rings. The molecule has 0 aliphatic carbocycles. The van der Waals surface area contributed by atoms with Crippen molar-refractivity contribution in [3.05, 3.63) is 10.8 Å². The lowest BCUT2D eigenvalue weighted by molar-refractivity contribution is 0.190. The molecular weight excluding hydrogens is 302 g/mol. The Balaban J connectivity index is 2.88. The summed E-state index contributed by atoms with van der Waals surface area (Å²) < 4.78 is 10.9. The van der Waals surface area contributed by atoms with E-state index in [9.17, 15) is 0 Å². The van der Waals surface area contributed by atoms with Crippen molar-refractivity contribution in [2.24, 2.45) is 5.84 Å². The van der Waals surface area contributed by atoms with Gasteiger partial charge in [-0.2, -0.15) is 0 Å². The third kappa shape index (κ3) is 4.05. The molecule has 0 aliphatic rings. The number of rotatable bonds is 8. The SMILES string of the molecule is COCCN(CCOC)c1ncnc(NN)c1Br. The van der Waals surface area contributed by atoms with Crippen molar-refractivity contribution in [3.8, 4) is 0 Å². The molecule has 3 N–H and O–H groups in total. The molecule has 0 atom stereocenters. The number of aromatic nitrogens is 2. The zero-order chi connectivity index (χ0) is 13.4. The number of methoxy groups -OCH3 is 2. The Morgan fingerprint density at radius 1 is 1.28 bits per heavy atom. The minimum Gasteiger partial charge on any atom is -0.383 e. The van der Waals surface area contributed by atoms with Crippen molar-refractivity contribution >= 4 is 27.6 Å². The third-order valence-electron chi connectivity index (χ3n) is 2.34. The fourth-order valence-corrected chi connectivity index (χ4v) is 1.98. The van der Waals surface area contributed by atoms with Gasteiger partial charge >= 0.3 is 0 Å². The summed E-state index contributed by atoms with van der Waals surface area (Å²) in [5, 5.41) is 0. The van der Waals surface area contributed by atoms with Crippen molar-refractivity contribution in [1.29, 1.82) is 0 Å². The predicted molar refractivity (Wildman–Crippen MR) is 73.5 cm³/mol. The maximum absolute atomic E-state index is 5.38. The Labute approximate surface area is 115 Å². The number of nitrogens with zero attached hydrogens (tertiary/aromatic N) is 3. The van der Waals surface area contributed by atoms with Gasteiger partial charge < -0.3 is 19.8 Å².